The van der Waals surface area contributed by atoms with Crippen molar-refractivity contribution in [2.24, 2.45) is 0 Å². The van der Waals surface area contributed by atoms with Crippen LogP contribution < -0.4 is 15.0 Å². The highest BCUT2D eigenvalue weighted by molar-refractivity contribution is 7.80. The van der Waals surface area contributed by atoms with Crippen molar-refractivity contribution in [3.8, 4) is 17.1 Å². The summed E-state index contributed by atoms with van der Waals surface area (Å²) in [5.41, 5.74) is 2.94. The Balaban J connectivity index is 1.58. The topological polar surface area (TPSA) is 76.8 Å². The van der Waals surface area contributed by atoms with Gasteiger partial charge >= 0.3 is 5.97 Å². The number of carbonyl (C=O) groups is 1. The number of methoxy groups -OCH3 is 2. The summed E-state index contributed by atoms with van der Waals surface area (Å²) in [6.45, 7) is 0. The van der Waals surface area contributed by atoms with Crippen LogP contribution in [0.25, 0.3) is 11.3 Å². The number of nitrogens with zero attached hydrogens (tertiary/aromatic N) is 2. The highest BCUT2D eigenvalue weighted by atomic mass is 32.1. The molecule has 35 heavy (non-hydrogen) atoms. The van der Waals surface area contributed by atoms with Gasteiger partial charge in [-0.3, -0.25) is 4.98 Å². The molecule has 2 aromatic carbocycles. The molecule has 176 valence electrons. The van der Waals surface area contributed by atoms with Gasteiger partial charge in [-0.25, -0.2) is 4.79 Å². The van der Waals surface area contributed by atoms with Gasteiger partial charge in [0.15, 0.2) is 5.11 Å². The lowest BCUT2D eigenvalue weighted by atomic mass is 10.0. The number of hydrogen-bond acceptors (Lipinski definition) is 6. The smallest absolute Gasteiger partial charge is 0.337 e. The molecule has 0 spiro atoms. The molecule has 2 aromatic heterocycles. The Morgan fingerprint density at radius 1 is 1.03 bits per heavy atom. The zero-order valence-electron chi connectivity index (χ0n) is 19.2. The molecule has 1 fully saturated rings. The van der Waals surface area contributed by atoms with Crippen LogP contribution in [0.4, 0.5) is 5.69 Å². The van der Waals surface area contributed by atoms with E-state index in [2.05, 4.69) is 10.3 Å². The Bertz CT molecular complexity index is 1370. The maximum atomic E-state index is 12.0. The highest BCUT2D eigenvalue weighted by Crippen LogP contribution is 2.43. The van der Waals surface area contributed by atoms with E-state index in [0.717, 1.165) is 22.7 Å². The molecule has 1 aliphatic rings. The Kier molecular flexibility index (Phi) is 6.20. The fourth-order valence-electron chi connectivity index (χ4n) is 4.27. The lowest BCUT2D eigenvalue weighted by Gasteiger charge is -2.26. The van der Waals surface area contributed by atoms with E-state index in [0.29, 0.717) is 22.2 Å². The van der Waals surface area contributed by atoms with Crippen molar-refractivity contribution in [3.05, 3.63) is 102 Å². The molecule has 0 saturated carbocycles. The zero-order chi connectivity index (χ0) is 24.4. The van der Waals surface area contributed by atoms with E-state index in [1.807, 2.05) is 65.6 Å². The molecule has 0 amide bonds. The normalized spacial score (nSPS) is 17.2. The van der Waals surface area contributed by atoms with Crippen LogP contribution in [0.15, 0.2) is 89.5 Å². The maximum absolute atomic E-state index is 12.0. The third kappa shape index (κ3) is 4.36. The number of hydrogen-bond donors (Lipinski definition) is 1. The summed E-state index contributed by atoms with van der Waals surface area (Å²) in [5.74, 6) is 1.66. The molecule has 1 saturated heterocycles. The molecular formula is C27H23N3O4S. The number of aromatic nitrogens is 1. The average molecular weight is 486 g/mol. The second-order valence-corrected chi connectivity index (χ2v) is 8.36. The molecular weight excluding hydrogens is 462 g/mol. The number of furan rings is 1. The van der Waals surface area contributed by atoms with Crippen LogP contribution in [0, 0.1) is 0 Å². The quantitative estimate of drug-likeness (QED) is 0.291. The first-order valence-corrected chi connectivity index (χ1v) is 11.4. The number of pyridine rings is 1. The molecule has 0 bridgehead atoms. The Hall–Kier alpha value is -4.17. The third-order valence-corrected chi connectivity index (χ3v) is 6.23. The summed E-state index contributed by atoms with van der Waals surface area (Å²) in [4.78, 5) is 18.6. The number of ether oxygens (including phenoxy) is 2. The van der Waals surface area contributed by atoms with Crippen molar-refractivity contribution in [3.63, 3.8) is 0 Å². The number of thiocarbonyl (C=S) groups is 1. The van der Waals surface area contributed by atoms with Crippen molar-refractivity contribution in [1.29, 1.82) is 0 Å². The van der Waals surface area contributed by atoms with Gasteiger partial charge in [0.05, 0.1) is 31.5 Å². The zero-order valence-corrected chi connectivity index (χ0v) is 20.0. The number of benzene rings is 2. The van der Waals surface area contributed by atoms with E-state index in [4.69, 9.17) is 26.1 Å². The minimum absolute atomic E-state index is 0.240. The van der Waals surface area contributed by atoms with Crippen molar-refractivity contribution >= 4 is 29.0 Å². The van der Waals surface area contributed by atoms with Gasteiger partial charge in [-0.15, -0.1) is 0 Å². The SMILES string of the molecule is COC(=O)c1cccc(-c2ccc([C@H]3[C@@H](c4ccccn4)NC(=S)N3c3cccc(OC)c3)o2)c1. The molecule has 0 radical (unpaired) electrons. The summed E-state index contributed by atoms with van der Waals surface area (Å²) < 4.78 is 16.7. The van der Waals surface area contributed by atoms with Crippen molar-refractivity contribution in [2.45, 2.75) is 12.1 Å². The summed E-state index contributed by atoms with van der Waals surface area (Å²) in [6.07, 6.45) is 1.76. The Morgan fingerprint density at radius 3 is 2.66 bits per heavy atom. The van der Waals surface area contributed by atoms with Crippen molar-refractivity contribution < 1.29 is 18.7 Å². The van der Waals surface area contributed by atoms with Crippen LogP contribution in [0.5, 0.6) is 5.75 Å². The molecule has 3 heterocycles. The van der Waals surface area contributed by atoms with Crippen LogP contribution in [0.2, 0.25) is 0 Å². The van der Waals surface area contributed by atoms with E-state index in [1.165, 1.54) is 7.11 Å². The second kappa shape index (κ2) is 9.60. The first-order chi connectivity index (χ1) is 17.1. The second-order valence-electron chi connectivity index (χ2n) is 7.97. The van der Waals surface area contributed by atoms with Gasteiger partial charge in [0, 0.05) is 23.5 Å². The van der Waals surface area contributed by atoms with Crippen LogP contribution in [0.1, 0.15) is 33.9 Å². The largest absolute Gasteiger partial charge is 0.497 e. The van der Waals surface area contributed by atoms with Crippen molar-refractivity contribution in [1.82, 2.24) is 10.3 Å². The third-order valence-electron chi connectivity index (χ3n) is 5.92. The van der Waals surface area contributed by atoms with Gasteiger partial charge in [0.25, 0.3) is 0 Å². The fraction of sp³-hybridized carbons (Fsp3) is 0.148. The lowest BCUT2D eigenvalue weighted by Crippen LogP contribution is -2.29. The van der Waals surface area contributed by atoms with E-state index < -0.39 is 5.97 Å². The molecule has 4 aromatic rings. The van der Waals surface area contributed by atoms with Gasteiger partial charge in [-0.1, -0.05) is 24.3 Å². The van der Waals surface area contributed by atoms with Gasteiger partial charge < -0.3 is 24.1 Å². The average Bonchev–Trinajstić information content (AvgIpc) is 3.53. The van der Waals surface area contributed by atoms with E-state index in [-0.39, 0.29) is 12.1 Å². The van der Waals surface area contributed by atoms with Gasteiger partial charge in [-0.05, 0) is 60.7 Å². The monoisotopic (exact) mass is 485 g/mol. The predicted octanol–water partition coefficient (Wildman–Crippen LogP) is 5.31. The molecule has 0 unspecified atom stereocenters. The molecule has 7 nitrogen and oxygen atoms in total. The van der Waals surface area contributed by atoms with E-state index in [1.54, 1.807) is 31.5 Å². The van der Waals surface area contributed by atoms with E-state index >= 15 is 0 Å². The van der Waals surface area contributed by atoms with Crippen LogP contribution in [0.3, 0.4) is 0 Å². The Morgan fingerprint density at radius 2 is 1.89 bits per heavy atom. The molecule has 1 aliphatic heterocycles. The van der Waals surface area contributed by atoms with Gasteiger partial charge in [-0.2, -0.15) is 0 Å². The first-order valence-electron chi connectivity index (χ1n) is 11.0. The first kappa shape index (κ1) is 22.6. The molecule has 1 N–H and O–H groups in total. The van der Waals surface area contributed by atoms with Gasteiger partial charge in [0.2, 0.25) is 0 Å². The summed E-state index contributed by atoms with van der Waals surface area (Å²) in [7, 11) is 3.00. The summed E-state index contributed by atoms with van der Waals surface area (Å²) in [6, 6.07) is 24.0. The molecule has 2 atom stereocenters. The minimum atomic E-state index is -0.400. The Labute approximate surface area is 208 Å². The fourth-order valence-corrected chi connectivity index (χ4v) is 4.61. The van der Waals surface area contributed by atoms with Crippen LogP contribution in [-0.4, -0.2) is 30.3 Å². The number of nitrogens with one attached hydrogen (secondary N) is 1. The lowest BCUT2D eigenvalue weighted by molar-refractivity contribution is 0.0601. The number of rotatable bonds is 6. The molecule has 0 aliphatic carbocycles. The highest BCUT2D eigenvalue weighted by Gasteiger charge is 2.42. The number of anilines is 1. The van der Waals surface area contributed by atoms with E-state index in [9.17, 15) is 4.79 Å². The standard InChI is InChI=1S/C27H23N3O4S/c1-32-20-10-6-9-19(16-20)30-25(24(29-27(30)35)21-11-3-4-14-28-21)23-13-12-22(34-23)17-7-5-8-18(15-17)26(31)33-2/h3-16,24-25H,1-2H3,(H,29,35)/t24-,25+/m1/s1. The van der Waals surface area contributed by atoms with Crippen LogP contribution >= 0.6 is 12.2 Å². The number of carbonyl (C=O) groups excluding carboxylic acids is 1. The van der Waals surface area contributed by atoms with Crippen LogP contribution in [-0.2, 0) is 4.74 Å². The molecule has 5 rings (SSSR count). The van der Waals surface area contributed by atoms with Crippen molar-refractivity contribution in [2.75, 3.05) is 19.1 Å². The maximum Gasteiger partial charge on any atom is 0.337 e. The summed E-state index contributed by atoms with van der Waals surface area (Å²) in [5, 5.41) is 3.98. The molecule has 8 heteroatoms. The predicted molar refractivity (Wildman–Crippen MR) is 136 cm³/mol. The minimum Gasteiger partial charge on any atom is -0.497 e. The summed E-state index contributed by atoms with van der Waals surface area (Å²) >= 11 is 5.77. The van der Waals surface area contributed by atoms with Gasteiger partial charge in [0.1, 0.15) is 23.3 Å². The number of esters is 1.